The van der Waals surface area contributed by atoms with Crippen molar-refractivity contribution in [2.45, 2.75) is 32.2 Å². The highest BCUT2D eigenvalue weighted by Gasteiger charge is 2.38. The molecule has 0 aliphatic carbocycles. The summed E-state index contributed by atoms with van der Waals surface area (Å²) in [5, 5.41) is 15.2. The number of rotatable bonds is 5. The number of hydrazone groups is 1. The average Bonchev–Trinajstić information content (AvgIpc) is 3.04. The van der Waals surface area contributed by atoms with Gasteiger partial charge in [-0.1, -0.05) is 25.1 Å². The van der Waals surface area contributed by atoms with E-state index in [1.807, 2.05) is 13.0 Å². The first-order chi connectivity index (χ1) is 13.0. The van der Waals surface area contributed by atoms with E-state index in [0.717, 1.165) is 6.42 Å². The van der Waals surface area contributed by atoms with E-state index in [9.17, 15) is 19.5 Å². The maximum atomic E-state index is 12.9. The summed E-state index contributed by atoms with van der Waals surface area (Å²) in [5.74, 6) is -1.46. The molecule has 2 aliphatic rings. The van der Waals surface area contributed by atoms with Crippen LogP contribution in [0.5, 0.6) is 0 Å². The first kappa shape index (κ1) is 18.9. The molecule has 1 aromatic carbocycles. The topological polar surface area (TPSA) is 93.5 Å². The Balaban J connectivity index is 1.78. The van der Waals surface area contributed by atoms with E-state index in [-0.39, 0.29) is 30.5 Å². The Bertz CT molecular complexity index is 749. The molecule has 1 aromatic rings. The van der Waals surface area contributed by atoms with Gasteiger partial charge >= 0.3 is 5.97 Å². The smallest absolute Gasteiger partial charge is 0.328 e. The maximum Gasteiger partial charge on any atom is 0.328 e. The molecule has 2 heterocycles. The highest BCUT2D eigenvalue weighted by Crippen LogP contribution is 2.25. The number of carbonyl (C=O) groups is 3. The van der Waals surface area contributed by atoms with Gasteiger partial charge in [0.15, 0.2) is 6.04 Å². The van der Waals surface area contributed by atoms with Gasteiger partial charge in [0.2, 0.25) is 5.91 Å². The Morgan fingerprint density at radius 2 is 1.96 bits per heavy atom. The van der Waals surface area contributed by atoms with Crippen LogP contribution in [-0.2, 0) is 14.4 Å². The van der Waals surface area contributed by atoms with Gasteiger partial charge in [0.05, 0.1) is 5.69 Å². The monoisotopic (exact) mass is 372 g/mol. The lowest BCUT2D eigenvalue weighted by Gasteiger charge is -2.21. The number of carbonyl (C=O) groups excluding carboxylic acids is 2. The van der Waals surface area contributed by atoms with Crippen LogP contribution in [0.4, 0.5) is 5.69 Å². The number of benzene rings is 1. The molecule has 0 bridgehead atoms. The lowest BCUT2D eigenvalue weighted by molar-refractivity contribution is -0.138. The molecular formula is C19H24N4O4. The fraction of sp³-hybridized carbons (Fsp3) is 0.474. The second-order valence-electron chi connectivity index (χ2n) is 6.75. The van der Waals surface area contributed by atoms with Gasteiger partial charge in [-0.05, 0) is 25.0 Å². The fourth-order valence-corrected chi connectivity index (χ4v) is 3.43. The Labute approximate surface area is 158 Å². The third kappa shape index (κ3) is 4.10. The first-order valence-corrected chi connectivity index (χ1v) is 9.23. The lowest BCUT2D eigenvalue weighted by Crippen LogP contribution is -2.42. The molecule has 2 aliphatic heterocycles. The molecule has 0 spiro atoms. The molecule has 2 amide bonds. The molecule has 1 atom stereocenters. The summed E-state index contributed by atoms with van der Waals surface area (Å²) in [6.07, 6.45) is 1.60. The van der Waals surface area contributed by atoms with Crippen molar-refractivity contribution in [3.8, 4) is 0 Å². The molecule has 1 N–H and O–H groups in total. The summed E-state index contributed by atoms with van der Waals surface area (Å²) in [7, 11) is 0. The van der Waals surface area contributed by atoms with Gasteiger partial charge in [0.25, 0.3) is 5.91 Å². The molecule has 0 radical (unpaired) electrons. The van der Waals surface area contributed by atoms with Crippen LogP contribution in [0.3, 0.4) is 0 Å². The van der Waals surface area contributed by atoms with Crippen LogP contribution in [0.2, 0.25) is 0 Å². The van der Waals surface area contributed by atoms with Gasteiger partial charge in [-0.3, -0.25) is 14.6 Å². The predicted octanol–water partition coefficient (Wildman–Crippen LogP) is 1.18. The molecule has 3 rings (SSSR count). The van der Waals surface area contributed by atoms with Crippen LogP contribution in [0, 0.1) is 0 Å². The Morgan fingerprint density at radius 3 is 2.63 bits per heavy atom. The van der Waals surface area contributed by atoms with Gasteiger partial charge in [-0.2, -0.15) is 5.10 Å². The number of anilines is 1. The van der Waals surface area contributed by atoms with E-state index >= 15 is 0 Å². The summed E-state index contributed by atoms with van der Waals surface area (Å²) in [5.41, 5.74) is 0.803. The Hall–Kier alpha value is -2.90. The standard InChI is InChI=1S/C19H24N4O4/c1-2-9-21-10-6-11-22(13-17(21)24)18(25)15-12-16(19(26)27)23(20-15)14-7-4-3-5-8-14/h3-5,7-8,16H,2,6,9-13H2,1H3,(H,26,27). The zero-order valence-corrected chi connectivity index (χ0v) is 15.4. The molecule has 8 nitrogen and oxygen atoms in total. The minimum atomic E-state index is -1.04. The number of hydrogen-bond acceptors (Lipinski definition) is 5. The maximum absolute atomic E-state index is 12.9. The predicted molar refractivity (Wildman–Crippen MR) is 100 cm³/mol. The molecule has 8 heteroatoms. The fourth-order valence-electron chi connectivity index (χ4n) is 3.43. The summed E-state index contributed by atoms with van der Waals surface area (Å²) in [6.45, 7) is 3.81. The van der Waals surface area contributed by atoms with Gasteiger partial charge in [-0.15, -0.1) is 0 Å². The number of nitrogens with zero attached hydrogens (tertiary/aromatic N) is 4. The average molecular weight is 372 g/mol. The van der Waals surface area contributed by atoms with E-state index in [2.05, 4.69) is 5.10 Å². The van der Waals surface area contributed by atoms with Crippen molar-refractivity contribution in [3.63, 3.8) is 0 Å². The lowest BCUT2D eigenvalue weighted by atomic mass is 10.1. The van der Waals surface area contributed by atoms with Crippen LogP contribution in [0.25, 0.3) is 0 Å². The van der Waals surface area contributed by atoms with Crippen molar-refractivity contribution in [2.75, 3.05) is 31.2 Å². The third-order valence-corrected chi connectivity index (χ3v) is 4.78. The highest BCUT2D eigenvalue weighted by atomic mass is 16.4. The first-order valence-electron chi connectivity index (χ1n) is 9.23. The van der Waals surface area contributed by atoms with Crippen molar-refractivity contribution in [3.05, 3.63) is 30.3 Å². The molecule has 1 unspecified atom stereocenters. The zero-order valence-electron chi connectivity index (χ0n) is 15.4. The van der Waals surface area contributed by atoms with Crippen LogP contribution in [0.1, 0.15) is 26.2 Å². The summed E-state index contributed by atoms with van der Waals surface area (Å²) in [6, 6.07) is 8.00. The van der Waals surface area contributed by atoms with Crippen molar-refractivity contribution in [2.24, 2.45) is 5.10 Å². The quantitative estimate of drug-likeness (QED) is 0.838. The largest absolute Gasteiger partial charge is 0.480 e. The Kier molecular flexibility index (Phi) is 5.73. The zero-order chi connectivity index (χ0) is 19.4. The second kappa shape index (κ2) is 8.20. The van der Waals surface area contributed by atoms with E-state index in [1.165, 1.54) is 9.91 Å². The third-order valence-electron chi connectivity index (χ3n) is 4.78. The highest BCUT2D eigenvalue weighted by molar-refractivity contribution is 6.40. The van der Waals surface area contributed by atoms with Gasteiger partial charge in [0, 0.05) is 26.1 Å². The van der Waals surface area contributed by atoms with Crippen LogP contribution in [-0.4, -0.2) is 70.6 Å². The molecule has 1 fully saturated rings. The second-order valence-corrected chi connectivity index (χ2v) is 6.75. The van der Waals surface area contributed by atoms with E-state index in [1.54, 1.807) is 29.2 Å². The number of hydrogen-bond donors (Lipinski definition) is 1. The molecule has 27 heavy (non-hydrogen) atoms. The molecule has 1 saturated heterocycles. The van der Waals surface area contributed by atoms with E-state index < -0.39 is 12.0 Å². The van der Waals surface area contributed by atoms with Gasteiger partial charge < -0.3 is 14.9 Å². The van der Waals surface area contributed by atoms with Crippen LogP contribution in [0.15, 0.2) is 35.4 Å². The van der Waals surface area contributed by atoms with Crippen molar-refractivity contribution in [1.29, 1.82) is 0 Å². The van der Waals surface area contributed by atoms with Crippen molar-refractivity contribution in [1.82, 2.24) is 9.80 Å². The van der Waals surface area contributed by atoms with E-state index in [4.69, 9.17) is 0 Å². The van der Waals surface area contributed by atoms with Gasteiger partial charge in [-0.25, -0.2) is 4.79 Å². The van der Waals surface area contributed by atoms with Gasteiger partial charge in [0.1, 0.15) is 12.3 Å². The molecule has 144 valence electrons. The minimum absolute atomic E-state index is 0.0148. The van der Waals surface area contributed by atoms with Crippen LogP contribution < -0.4 is 5.01 Å². The summed E-state index contributed by atoms with van der Waals surface area (Å²) < 4.78 is 0. The number of amides is 2. The number of carboxylic acids is 1. The van der Waals surface area contributed by atoms with E-state index in [0.29, 0.717) is 31.7 Å². The number of para-hydroxylation sites is 1. The van der Waals surface area contributed by atoms with Crippen molar-refractivity contribution >= 4 is 29.2 Å². The SMILES string of the molecule is CCCN1CCCN(C(=O)C2=NN(c3ccccc3)C(C(=O)O)C2)CC1=O. The summed E-state index contributed by atoms with van der Waals surface area (Å²) >= 11 is 0. The number of carboxylic acid groups (broad SMARTS) is 1. The van der Waals surface area contributed by atoms with Crippen molar-refractivity contribution < 1.29 is 19.5 Å². The Morgan fingerprint density at radius 1 is 1.22 bits per heavy atom. The molecule has 0 aromatic heterocycles. The summed E-state index contributed by atoms with van der Waals surface area (Å²) in [4.78, 5) is 40.2. The molecule has 0 saturated carbocycles. The number of aliphatic carboxylic acids is 1. The normalized spacial score (nSPS) is 20.5. The minimum Gasteiger partial charge on any atom is -0.480 e. The molecular weight excluding hydrogens is 348 g/mol. The van der Waals surface area contributed by atoms with Crippen LogP contribution >= 0.6 is 0 Å².